The van der Waals surface area contributed by atoms with Crippen LogP contribution in [0.25, 0.3) is 0 Å². The fourth-order valence-corrected chi connectivity index (χ4v) is 2.90. The molecule has 7 heteroatoms. The fourth-order valence-electron chi connectivity index (χ4n) is 2.90. The lowest BCUT2D eigenvalue weighted by Gasteiger charge is -2.20. The molecular weight excluding hydrogens is 304 g/mol. The van der Waals surface area contributed by atoms with Crippen LogP contribution in [-0.2, 0) is 25.9 Å². The number of aryl methyl sites for hydroxylation is 1. The molecule has 2 aromatic heterocycles. The number of carbonyl (C=O) groups excluding carboxylic acids is 1. The van der Waals surface area contributed by atoms with Crippen LogP contribution in [0, 0.1) is 5.92 Å². The zero-order valence-corrected chi connectivity index (χ0v) is 14.5. The number of rotatable bonds is 6. The fraction of sp³-hybridized carbons (Fsp3) is 0.529. The minimum atomic E-state index is -0.106. The second kappa shape index (κ2) is 6.98. The van der Waals surface area contributed by atoms with Gasteiger partial charge in [0.25, 0.3) is 5.91 Å². The maximum Gasteiger partial charge on any atom is 0.270 e. The van der Waals surface area contributed by atoms with Crippen molar-refractivity contribution in [2.24, 2.45) is 5.92 Å². The zero-order chi connectivity index (χ0) is 17.1. The van der Waals surface area contributed by atoms with Crippen molar-refractivity contribution >= 4 is 11.7 Å². The Morgan fingerprint density at radius 2 is 2.21 bits per heavy atom. The number of hydrogen-bond donors (Lipinski definition) is 2. The highest BCUT2D eigenvalue weighted by Gasteiger charge is 2.23. The number of fused-ring (bicyclic) bond motifs is 1. The van der Waals surface area contributed by atoms with Gasteiger partial charge in [0, 0.05) is 31.3 Å². The Bertz CT molecular complexity index is 737. The smallest absolute Gasteiger partial charge is 0.270 e. The predicted octanol–water partition coefficient (Wildman–Crippen LogP) is 1.79. The Kier molecular flexibility index (Phi) is 4.78. The number of aromatic nitrogens is 4. The molecule has 0 saturated heterocycles. The molecular formula is C17H24N6O. The van der Waals surface area contributed by atoms with Gasteiger partial charge in [-0.25, -0.2) is 15.0 Å². The van der Waals surface area contributed by atoms with E-state index in [-0.39, 0.29) is 5.91 Å². The molecule has 1 aliphatic heterocycles. The molecule has 0 spiro atoms. The van der Waals surface area contributed by atoms with Crippen LogP contribution >= 0.6 is 0 Å². The first-order chi connectivity index (χ1) is 11.6. The van der Waals surface area contributed by atoms with Gasteiger partial charge in [-0.15, -0.1) is 0 Å². The summed E-state index contributed by atoms with van der Waals surface area (Å²) in [5.41, 5.74) is 2.52. The molecule has 0 radical (unpaired) electrons. The zero-order valence-electron chi connectivity index (χ0n) is 14.5. The molecule has 0 bridgehead atoms. The third-order valence-electron chi connectivity index (χ3n) is 4.10. The van der Waals surface area contributed by atoms with Gasteiger partial charge in [0.05, 0.1) is 18.6 Å². The third kappa shape index (κ3) is 3.39. The van der Waals surface area contributed by atoms with Gasteiger partial charge in [0.2, 0.25) is 0 Å². The van der Waals surface area contributed by atoms with Crippen molar-refractivity contribution in [1.29, 1.82) is 0 Å². The molecule has 24 heavy (non-hydrogen) atoms. The van der Waals surface area contributed by atoms with E-state index in [1.54, 1.807) is 0 Å². The SMILES string of the molecule is CCn1cncc1CNc1nc(CC(C)C)nc2c1CCNC2=O. The molecule has 0 saturated carbocycles. The minimum Gasteiger partial charge on any atom is -0.364 e. The topological polar surface area (TPSA) is 84.7 Å². The van der Waals surface area contributed by atoms with Crippen molar-refractivity contribution < 1.29 is 4.79 Å². The molecule has 2 aromatic rings. The minimum absolute atomic E-state index is 0.106. The summed E-state index contributed by atoms with van der Waals surface area (Å²) in [6.07, 6.45) is 5.18. The Balaban J connectivity index is 1.90. The summed E-state index contributed by atoms with van der Waals surface area (Å²) in [6, 6.07) is 0. The third-order valence-corrected chi connectivity index (χ3v) is 4.10. The van der Waals surface area contributed by atoms with E-state index >= 15 is 0 Å². The van der Waals surface area contributed by atoms with E-state index in [0.29, 0.717) is 30.5 Å². The van der Waals surface area contributed by atoms with Gasteiger partial charge in [-0.1, -0.05) is 13.8 Å². The van der Waals surface area contributed by atoms with Crippen molar-refractivity contribution in [3.05, 3.63) is 35.3 Å². The summed E-state index contributed by atoms with van der Waals surface area (Å²) < 4.78 is 2.09. The van der Waals surface area contributed by atoms with Crippen LogP contribution < -0.4 is 10.6 Å². The second-order valence-corrected chi connectivity index (χ2v) is 6.44. The Morgan fingerprint density at radius 3 is 2.96 bits per heavy atom. The van der Waals surface area contributed by atoms with E-state index in [4.69, 9.17) is 0 Å². The number of imidazole rings is 1. The number of nitrogens with zero attached hydrogens (tertiary/aromatic N) is 4. The van der Waals surface area contributed by atoms with Crippen molar-refractivity contribution in [1.82, 2.24) is 24.8 Å². The van der Waals surface area contributed by atoms with E-state index in [1.807, 2.05) is 12.5 Å². The summed E-state index contributed by atoms with van der Waals surface area (Å²) in [5, 5.41) is 6.25. The molecule has 0 aliphatic carbocycles. The number of amides is 1. The molecule has 3 rings (SSSR count). The lowest BCUT2D eigenvalue weighted by Crippen LogP contribution is -2.34. The molecule has 1 aliphatic rings. The van der Waals surface area contributed by atoms with Crippen molar-refractivity contribution in [2.45, 2.75) is 46.7 Å². The average Bonchev–Trinajstić information content (AvgIpc) is 3.00. The summed E-state index contributed by atoms with van der Waals surface area (Å²) in [5.74, 6) is 1.82. The van der Waals surface area contributed by atoms with Crippen molar-refractivity contribution in [3.63, 3.8) is 0 Å². The highest BCUT2D eigenvalue weighted by molar-refractivity contribution is 5.95. The molecule has 0 aromatic carbocycles. The average molecular weight is 328 g/mol. The van der Waals surface area contributed by atoms with Gasteiger partial charge in [0.15, 0.2) is 0 Å². The van der Waals surface area contributed by atoms with Crippen LogP contribution in [0.4, 0.5) is 5.82 Å². The van der Waals surface area contributed by atoms with E-state index in [0.717, 1.165) is 36.5 Å². The van der Waals surface area contributed by atoms with Crippen LogP contribution in [0.5, 0.6) is 0 Å². The summed E-state index contributed by atoms with van der Waals surface area (Å²) in [4.78, 5) is 25.5. The Hall–Kier alpha value is -2.44. The highest BCUT2D eigenvalue weighted by Crippen LogP contribution is 2.22. The van der Waals surface area contributed by atoms with Gasteiger partial charge in [-0.2, -0.15) is 0 Å². The predicted molar refractivity (Wildman–Crippen MR) is 91.8 cm³/mol. The molecule has 2 N–H and O–H groups in total. The van der Waals surface area contributed by atoms with Gasteiger partial charge >= 0.3 is 0 Å². The molecule has 0 atom stereocenters. The van der Waals surface area contributed by atoms with Crippen LogP contribution in [0.15, 0.2) is 12.5 Å². The number of nitrogens with one attached hydrogen (secondary N) is 2. The van der Waals surface area contributed by atoms with Gasteiger partial charge in [-0.3, -0.25) is 4.79 Å². The molecule has 3 heterocycles. The molecule has 0 fully saturated rings. The van der Waals surface area contributed by atoms with Crippen molar-refractivity contribution in [3.8, 4) is 0 Å². The first-order valence-electron chi connectivity index (χ1n) is 8.49. The maximum atomic E-state index is 12.2. The number of carbonyl (C=O) groups is 1. The number of hydrogen-bond acceptors (Lipinski definition) is 5. The summed E-state index contributed by atoms with van der Waals surface area (Å²) >= 11 is 0. The van der Waals surface area contributed by atoms with Crippen LogP contribution in [0.1, 0.15) is 48.3 Å². The lowest BCUT2D eigenvalue weighted by molar-refractivity contribution is 0.0940. The van der Waals surface area contributed by atoms with Gasteiger partial charge in [0.1, 0.15) is 17.3 Å². The van der Waals surface area contributed by atoms with Crippen molar-refractivity contribution in [2.75, 3.05) is 11.9 Å². The first-order valence-corrected chi connectivity index (χ1v) is 8.49. The van der Waals surface area contributed by atoms with Gasteiger partial charge in [-0.05, 0) is 19.3 Å². The standard InChI is InChI=1S/C17H24N6O/c1-4-23-10-18-8-12(23)9-20-16-13-5-6-19-17(24)15(13)21-14(22-16)7-11(2)3/h8,10-11H,4-7,9H2,1-3H3,(H,19,24)(H,20,21,22). The molecule has 0 unspecified atom stereocenters. The maximum absolute atomic E-state index is 12.2. The Morgan fingerprint density at radius 1 is 1.38 bits per heavy atom. The lowest BCUT2D eigenvalue weighted by atomic mass is 10.0. The normalized spacial score (nSPS) is 13.8. The van der Waals surface area contributed by atoms with Crippen LogP contribution in [-0.4, -0.2) is 32.0 Å². The summed E-state index contributed by atoms with van der Waals surface area (Å²) in [6.45, 7) is 8.45. The monoisotopic (exact) mass is 328 g/mol. The van der Waals surface area contributed by atoms with Crippen LogP contribution in [0.2, 0.25) is 0 Å². The van der Waals surface area contributed by atoms with E-state index in [2.05, 4.69) is 50.9 Å². The van der Waals surface area contributed by atoms with E-state index < -0.39 is 0 Å². The number of anilines is 1. The second-order valence-electron chi connectivity index (χ2n) is 6.44. The highest BCUT2D eigenvalue weighted by atomic mass is 16.1. The molecule has 7 nitrogen and oxygen atoms in total. The van der Waals surface area contributed by atoms with E-state index in [9.17, 15) is 4.79 Å². The van der Waals surface area contributed by atoms with Gasteiger partial charge < -0.3 is 15.2 Å². The van der Waals surface area contributed by atoms with E-state index in [1.165, 1.54) is 0 Å². The first kappa shape index (κ1) is 16.4. The largest absolute Gasteiger partial charge is 0.364 e. The quantitative estimate of drug-likeness (QED) is 0.844. The molecule has 128 valence electrons. The van der Waals surface area contributed by atoms with Crippen LogP contribution in [0.3, 0.4) is 0 Å². The summed E-state index contributed by atoms with van der Waals surface area (Å²) in [7, 11) is 0. The Labute approximate surface area is 141 Å². The molecule has 1 amide bonds.